The second-order valence-electron chi connectivity index (χ2n) is 2.66. The number of hydrogen-bond donors (Lipinski definition) is 2. The number of nitrogens with two attached hydrogens (primary N) is 1. The third-order valence-electron chi connectivity index (χ3n) is 1.55. The SMILES string of the molecule is CCCN(CNCCCN)[I-]C. The van der Waals surface area contributed by atoms with Crippen LogP contribution in [0.15, 0.2) is 0 Å². The van der Waals surface area contributed by atoms with Crippen molar-refractivity contribution in [2.24, 2.45) is 5.73 Å². The van der Waals surface area contributed by atoms with E-state index in [1.807, 2.05) is 0 Å². The van der Waals surface area contributed by atoms with Crippen LogP contribution in [0.5, 0.6) is 0 Å². The van der Waals surface area contributed by atoms with E-state index in [4.69, 9.17) is 5.73 Å². The molecule has 3 nitrogen and oxygen atoms in total. The van der Waals surface area contributed by atoms with Crippen molar-refractivity contribution in [1.29, 1.82) is 0 Å². The first-order chi connectivity index (χ1) is 5.85. The van der Waals surface area contributed by atoms with Gasteiger partial charge in [0.15, 0.2) is 0 Å². The summed E-state index contributed by atoms with van der Waals surface area (Å²) in [6.07, 6.45) is 2.34. The van der Waals surface area contributed by atoms with E-state index in [0.717, 1.165) is 26.2 Å². The predicted molar refractivity (Wildman–Crippen MR) is 49.5 cm³/mol. The Morgan fingerprint density at radius 3 is 2.75 bits per heavy atom. The summed E-state index contributed by atoms with van der Waals surface area (Å²) in [5.41, 5.74) is 5.39. The van der Waals surface area contributed by atoms with Gasteiger partial charge in [-0.2, -0.15) is 0 Å². The molecular formula is C8H21IN3-. The van der Waals surface area contributed by atoms with E-state index in [0.29, 0.717) is 0 Å². The number of nitrogens with one attached hydrogen (secondary N) is 1. The molecule has 12 heavy (non-hydrogen) atoms. The zero-order valence-electron chi connectivity index (χ0n) is 8.15. The monoisotopic (exact) mass is 286 g/mol. The first-order valence-corrected chi connectivity index (χ1v) is 7.62. The molecule has 0 aliphatic heterocycles. The fourth-order valence-electron chi connectivity index (χ4n) is 0.893. The average molecular weight is 286 g/mol. The van der Waals surface area contributed by atoms with Crippen molar-refractivity contribution < 1.29 is 21.5 Å². The molecule has 0 unspecified atom stereocenters. The maximum absolute atomic E-state index is 5.39. The fourth-order valence-corrected chi connectivity index (χ4v) is 2.44. The minimum absolute atomic E-state index is 0.252. The van der Waals surface area contributed by atoms with Crippen LogP contribution in [0.1, 0.15) is 19.8 Å². The minimum atomic E-state index is 0.252. The molecule has 0 heterocycles. The first kappa shape index (κ1) is 12.6. The van der Waals surface area contributed by atoms with Crippen molar-refractivity contribution in [3.8, 4) is 0 Å². The molecular weight excluding hydrogens is 265 g/mol. The second kappa shape index (κ2) is 9.70. The molecule has 0 saturated heterocycles. The van der Waals surface area contributed by atoms with Gasteiger partial charge in [0, 0.05) is 0 Å². The standard InChI is InChI=1S/C8H21IN3/c1-3-7-12(9-2)8-11-6-4-5-10/h11H,3-8,10H2,1-2H3/q-1. The van der Waals surface area contributed by atoms with Gasteiger partial charge in [-0.25, -0.2) is 0 Å². The normalized spacial score (nSPS) is 11.3. The molecule has 0 fully saturated rings. The van der Waals surface area contributed by atoms with E-state index in [9.17, 15) is 0 Å². The molecule has 0 aliphatic rings. The Hall–Kier alpha value is 0.610. The van der Waals surface area contributed by atoms with Gasteiger partial charge in [0.1, 0.15) is 0 Å². The van der Waals surface area contributed by atoms with Gasteiger partial charge in [0.2, 0.25) is 0 Å². The van der Waals surface area contributed by atoms with Crippen LogP contribution >= 0.6 is 0 Å². The van der Waals surface area contributed by atoms with Gasteiger partial charge in [-0.1, -0.05) is 0 Å². The Morgan fingerprint density at radius 1 is 1.50 bits per heavy atom. The van der Waals surface area contributed by atoms with Gasteiger partial charge in [0.05, 0.1) is 0 Å². The molecule has 0 saturated carbocycles. The van der Waals surface area contributed by atoms with Crippen LogP contribution in [0.2, 0.25) is 0 Å². The molecule has 0 aromatic rings. The van der Waals surface area contributed by atoms with Crippen LogP contribution in [0.25, 0.3) is 0 Å². The van der Waals surface area contributed by atoms with Crippen LogP contribution in [0.3, 0.4) is 0 Å². The summed E-state index contributed by atoms with van der Waals surface area (Å²) in [4.78, 5) is 2.30. The summed E-state index contributed by atoms with van der Waals surface area (Å²) in [5, 5.41) is 3.40. The molecule has 76 valence electrons. The van der Waals surface area contributed by atoms with Crippen LogP contribution in [-0.4, -0.2) is 34.3 Å². The third-order valence-corrected chi connectivity index (χ3v) is 3.73. The van der Waals surface area contributed by atoms with Crippen LogP contribution in [0.4, 0.5) is 0 Å². The van der Waals surface area contributed by atoms with Crippen LogP contribution < -0.4 is 32.5 Å². The molecule has 0 amide bonds. The molecule has 0 atom stereocenters. The molecule has 0 radical (unpaired) electrons. The maximum atomic E-state index is 5.39. The van der Waals surface area contributed by atoms with E-state index in [-0.39, 0.29) is 21.5 Å². The van der Waals surface area contributed by atoms with E-state index in [1.165, 1.54) is 13.0 Å². The Kier molecular flexibility index (Phi) is 10.2. The van der Waals surface area contributed by atoms with Gasteiger partial charge in [-0.15, -0.1) is 0 Å². The van der Waals surface area contributed by atoms with E-state index < -0.39 is 0 Å². The Balaban J connectivity index is 3.19. The van der Waals surface area contributed by atoms with E-state index in [2.05, 4.69) is 20.3 Å². The zero-order valence-corrected chi connectivity index (χ0v) is 10.3. The molecule has 0 aromatic carbocycles. The number of halogens is 1. The summed E-state index contributed by atoms with van der Waals surface area (Å²) in [6.45, 7) is 6.37. The molecule has 3 N–H and O–H groups in total. The summed E-state index contributed by atoms with van der Waals surface area (Å²) in [7, 11) is 0. The zero-order chi connectivity index (χ0) is 9.23. The average Bonchev–Trinajstić information content (AvgIpc) is 2.10. The molecule has 0 aliphatic carbocycles. The van der Waals surface area contributed by atoms with Crippen LogP contribution in [0, 0.1) is 0 Å². The van der Waals surface area contributed by atoms with Crippen molar-refractivity contribution in [3.63, 3.8) is 0 Å². The van der Waals surface area contributed by atoms with Crippen molar-refractivity contribution in [1.82, 2.24) is 8.43 Å². The fraction of sp³-hybridized carbons (Fsp3) is 1.00. The quantitative estimate of drug-likeness (QED) is 0.167. The van der Waals surface area contributed by atoms with Crippen molar-refractivity contribution >= 4 is 0 Å². The summed E-state index contributed by atoms with van der Waals surface area (Å²) < 4.78 is 2.51. The number of alkyl halides is 1. The summed E-state index contributed by atoms with van der Waals surface area (Å²) in [5.74, 6) is 0. The molecule has 0 bridgehead atoms. The topological polar surface area (TPSA) is 41.3 Å². The third kappa shape index (κ3) is 7.27. The Bertz CT molecular complexity index is 90.4. The van der Waals surface area contributed by atoms with Gasteiger partial charge in [-0.05, 0) is 0 Å². The van der Waals surface area contributed by atoms with Gasteiger partial charge in [0.25, 0.3) is 0 Å². The molecule has 0 rings (SSSR count). The predicted octanol–water partition coefficient (Wildman–Crippen LogP) is -2.77. The van der Waals surface area contributed by atoms with Crippen LogP contribution in [-0.2, 0) is 0 Å². The molecule has 0 aromatic heterocycles. The second-order valence-corrected chi connectivity index (χ2v) is 4.99. The van der Waals surface area contributed by atoms with Crippen molar-refractivity contribution in [2.75, 3.05) is 31.2 Å². The number of hydrogen-bond acceptors (Lipinski definition) is 3. The van der Waals surface area contributed by atoms with E-state index >= 15 is 0 Å². The van der Waals surface area contributed by atoms with Gasteiger partial charge >= 0.3 is 86.6 Å². The van der Waals surface area contributed by atoms with Crippen molar-refractivity contribution in [2.45, 2.75) is 19.8 Å². The van der Waals surface area contributed by atoms with Crippen molar-refractivity contribution in [3.05, 3.63) is 0 Å². The molecule has 4 heteroatoms. The number of rotatable bonds is 8. The van der Waals surface area contributed by atoms with E-state index in [1.54, 1.807) is 0 Å². The van der Waals surface area contributed by atoms with Gasteiger partial charge in [-0.3, -0.25) is 0 Å². The first-order valence-electron chi connectivity index (χ1n) is 4.50. The van der Waals surface area contributed by atoms with Gasteiger partial charge < -0.3 is 0 Å². The summed E-state index contributed by atoms with van der Waals surface area (Å²) >= 11 is 0.252. The Labute approximate surface area is 86.7 Å². The number of nitrogens with zero attached hydrogens (tertiary/aromatic N) is 1. The molecule has 0 spiro atoms. The summed E-state index contributed by atoms with van der Waals surface area (Å²) in [6, 6.07) is 0. The Morgan fingerprint density at radius 2 is 2.25 bits per heavy atom.